The second-order valence-electron chi connectivity index (χ2n) is 9.83. The Morgan fingerprint density at radius 2 is 1.69 bits per heavy atom. The molecule has 2 aromatic heterocycles. The highest BCUT2D eigenvalue weighted by Crippen LogP contribution is 2.46. The highest BCUT2D eigenvalue weighted by atomic mass is 79.9. The molecule has 0 bridgehead atoms. The molecule has 8 heteroatoms. The van der Waals surface area contributed by atoms with Crippen LogP contribution in [0.4, 0.5) is 0 Å². The normalized spacial score (nSPS) is 21.5. The molecule has 0 N–H and O–H groups in total. The third-order valence-corrected chi connectivity index (χ3v) is 7.90. The van der Waals surface area contributed by atoms with Gasteiger partial charge in [-0.05, 0) is 61.9 Å². The Bertz CT molecular complexity index is 1480. The summed E-state index contributed by atoms with van der Waals surface area (Å²) in [6.07, 6.45) is 8.07. The first-order chi connectivity index (χ1) is 17.0. The van der Waals surface area contributed by atoms with Gasteiger partial charge in [0.1, 0.15) is 0 Å². The van der Waals surface area contributed by atoms with E-state index in [1.165, 1.54) is 4.90 Å². The van der Waals surface area contributed by atoms with Crippen LogP contribution < -0.4 is 0 Å². The summed E-state index contributed by atoms with van der Waals surface area (Å²) in [5, 5.41) is 4.99. The number of aromatic nitrogens is 4. The fourth-order valence-corrected chi connectivity index (χ4v) is 5.64. The molecule has 1 aliphatic heterocycles. The summed E-state index contributed by atoms with van der Waals surface area (Å²) in [6, 6.07) is 13.3. The number of rotatable bonds is 5. The molecular formula is C27H22BrN5O2. The van der Waals surface area contributed by atoms with Gasteiger partial charge in [-0.1, -0.05) is 28.1 Å². The smallest absolute Gasteiger partial charge is 0.261 e. The second-order valence-corrected chi connectivity index (χ2v) is 10.7. The molecule has 2 saturated carbocycles. The number of amides is 2. The Morgan fingerprint density at radius 3 is 2.40 bits per heavy atom. The molecule has 7 nitrogen and oxygen atoms in total. The lowest BCUT2D eigenvalue weighted by atomic mass is 9.80. The number of hydrogen-bond acceptors (Lipinski definition) is 5. The average Bonchev–Trinajstić information content (AvgIpc) is 3.55. The zero-order valence-electron chi connectivity index (χ0n) is 18.9. The Kier molecular flexibility index (Phi) is 4.67. The molecule has 4 aromatic rings. The molecule has 2 aliphatic carbocycles. The summed E-state index contributed by atoms with van der Waals surface area (Å²) in [4.78, 5) is 36.3. The Morgan fingerprint density at radius 1 is 0.943 bits per heavy atom. The average molecular weight is 528 g/mol. The van der Waals surface area contributed by atoms with Crippen molar-refractivity contribution in [2.45, 2.75) is 37.6 Å². The first kappa shape index (κ1) is 20.9. The quantitative estimate of drug-likeness (QED) is 0.325. The van der Waals surface area contributed by atoms with E-state index in [1.54, 1.807) is 24.3 Å². The van der Waals surface area contributed by atoms with Gasteiger partial charge in [0, 0.05) is 28.7 Å². The molecule has 3 aliphatic rings. The predicted molar refractivity (Wildman–Crippen MR) is 134 cm³/mol. The van der Waals surface area contributed by atoms with Crippen molar-refractivity contribution in [2.75, 3.05) is 6.54 Å². The molecule has 2 fully saturated rings. The van der Waals surface area contributed by atoms with Gasteiger partial charge in [0.2, 0.25) is 0 Å². The maximum atomic E-state index is 12.7. The Hall–Kier alpha value is -3.39. The van der Waals surface area contributed by atoms with E-state index >= 15 is 0 Å². The summed E-state index contributed by atoms with van der Waals surface area (Å²) >= 11 is 3.52. The SMILES string of the molecule is O=C1c2ccccc2C(=O)N1C[C@H]1C[C@H](n2cc(-c3cnc4ccc(Br)cc4n3)c(C3CC3)n2)C1. The van der Waals surface area contributed by atoms with E-state index in [0.29, 0.717) is 23.6 Å². The molecule has 3 heterocycles. The summed E-state index contributed by atoms with van der Waals surface area (Å²) in [5.41, 5.74) is 5.78. The van der Waals surface area contributed by atoms with E-state index in [4.69, 9.17) is 10.1 Å². The molecule has 35 heavy (non-hydrogen) atoms. The zero-order chi connectivity index (χ0) is 23.7. The number of halogens is 1. The van der Waals surface area contributed by atoms with E-state index in [9.17, 15) is 9.59 Å². The molecule has 0 unspecified atom stereocenters. The van der Waals surface area contributed by atoms with Crippen LogP contribution in [0.5, 0.6) is 0 Å². The van der Waals surface area contributed by atoms with Crippen molar-refractivity contribution in [3.8, 4) is 11.3 Å². The van der Waals surface area contributed by atoms with E-state index in [1.807, 2.05) is 24.4 Å². The number of nitrogens with zero attached hydrogens (tertiary/aromatic N) is 5. The van der Waals surface area contributed by atoms with E-state index in [-0.39, 0.29) is 23.8 Å². The number of carbonyl (C=O) groups excluding carboxylic acids is 2. The van der Waals surface area contributed by atoms with Crippen molar-refractivity contribution in [3.63, 3.8) is 0 Å². The van der Waals surface area contributed by atoms with Crippen LogP contribution in [0, 0.1) is 5.92 Å². The summed E-state index contributed by atoms with van der Waals surface area (Å²) < 4.78 is 3.06. The van der Waals surface area contributed by atoms with Crippen LogP contribution in [0.3, 0.4) is 0 Å². The van der Waals surface area contributed by atoms with Crippen molar-refractivity contribution in [3.05, 3.63) is 76.2 Å². The van der Waals surface area contributed by atoms with Crippen molar-refractivity contribution < 1.29 is 9.59 Å². The minimum atomic E-state index is -0.173. The zero-order valence-corrected chi connectivity index (χ0v) is 20.5. The Balaban J connectivity index is 1.10. The molecule has 174 valence electrons. The minimum absolute atomic E-state index is 0.173. The van der Waals surface area contributed by atoms with Crippen molar-refractivity contribution in [1.82, 2.24) is 24.6 Å². The topological polar surface area (TPSA) is 81.0 Å². The standard InChI is InChI=1S/C27H22BrN5O2/c28-17-7-8-22-23(11-17)30-24(12-29-22)21-14-33(31-25(21)16-5-6-16)18-9-15(10-18)13-32-26(34)19-3-1-2-4-20(19)27(32)35/h1-4,7-8,11-12,14-16,18H,5-6,9-10,13H2/t15-,18-. The van der Waals surface area contributed by atoms with Crippen molar-refractivity contribution in [2.24, 2.45) is 5.92 Å². The monoisotopic (exact) mass is 527 g/mol. The van der Waals surface area contributed by atoms with Gasteiger partial charge in [0.15, 0.2) is 0 Å². The number of carbonyl (C=O) groups is 2. The molecule has 7 rings (SSSR count). The third kappa shape index (κ3) is 3.50. The highest BCUT2D eigenvalue weighted by molar-refractivity contribution is 9.10. The van der Waals surface area contributed by atoms with Crippen LogP contribution >= 0.6 is 15.9 Å². The number of hydrogen-bond donors (Lipinski definition) is 0. The largest absolute Gasteiger partial charge is 0.274 e. The maximum Gasteiger partial charge on any atom is 0.261 e. The lowest BCUT2D eigenvalue weighted by molar-refractivity contribution is 0.0561. The molecule has 0 spiro atoms. The van der Waals surface area contributed by atoms with Gasteiger partial charge >= 0.3 is 0 Å². The van der Waals surface area contributed by atoms with Gasteiger partial charge in [-0.2, -0.15) is 5.10 Å². The van der Waals surface area contributed by atoms with Crippen LogP contribution in [0.15, 0.2) is 59.3 Å². The molecular weight excluding hydrogens is 506 g/mol. The first-order valence-corrected chi connectivity index (χ1v) is 12.8. The lowest BCUT2D eigenvalue weighted by Gasteiger charge is -2.37. The van der Waals surface area contributed by atoms with Crippen LogP contribution in [0.1, 0.15) is 64.1 Å². The summed E-state index contributed by atoms with van der Waals surface area (Å²) in [7, 11) is 0. The summed E-state index contributed by atoms with van der Waals surface area (Å²) in [5.74, 6) is 0.429. The minimum Gasteiger partial charge on any atom is -0.274 e. The maximum absolute atomic E-state index is 12.7. The van der Waals surface area contributed by atoms with E-state index in [2.05, 4.69) is 31.8 Å². The lowest BCUT2D eigenvalue weighted by Crippen LogP contribution is -2.40. The molecule has 0 atom stereocenters. The fraction of sp³-hybridized carbons (Fsp3) is 0.296. The van der Waals surface area contributed by atoms with Crippen LogP contribution in [-0.2, 0) is 0 Å². The van der Waals surface area contributed by atoms with Crippen LogP contribution in [-0.4, -0.2) is 43.0 Å². The van der Waals surface area contributed by atoms with Crippen LogP contribution in [0.25, 0.3) is 22.3 Å². The van der Waals surface area contributed by atoms with Gasteiger partial charge in [-0.25, -0.2) is 4.98 Å². The highest BCUT2D eigenvalue weighted by Gasteiger charge is 2.41. The van der Waals surface area contributed by atoms with Gasteiger partial charge in [-0.15, -0.1) is 0 Å². The molecule has 2 amide bonds. The number of benzene rings is 2. The van der Waals surface area contributed by atoms with Crippen LogP contribution in [0.2, 0.25) is 0 Å². The van der Waals surface area contributed by atoms with Crippen molar-refractivity contribution in [1.29, 1.82) is 0 Å². The van der Waals surface area contributed by atoms with E-state index in [0.717, 1.165) is 58.1 Å². The predicted octanol–water partition coefficient (Wildman–Crippen LogP) is 5.38. The molecule has 0 radical (unpaired) electrons. The number of imide groups is 1. The molecule has 2 aromatic carbocycles. The van der Waals surface area contributed by atoms with Gasteiger partial charge in [-0.3, -0.25) is 24.2 Å². The summed E-state index contributed by atoms with van der Waals surface area (Å²) in [6.45, 7) is 0.470. The second kappa shape index (κ2) is 7.81. The first-order valence-electron chi connectivity index (χ1n) is 12.0. The number of fused-ring (bicyclic) bond motifs is 2. The fourth-order valence-electron chi connectivity index (χ4n) is 5.29. The van der Waals surface area contributed by atoms with Gasteiger partial charge < -0.3 is 0 Å². The van der Waals surface area contributed by atoms with Gasteiger partial charge in [0.05, 0.1) is 45.8 Å². The van der Waals surface area contributed by atoms with Crippen molar-refractivity contribution >= 4 is 38.8 Å². The Labute approximate surface area is 210 Å². The third-order valence-electron chi connectivity index (χ3n) is 7.41. The van der Waals surface area contributed by atoms with Gasteiger partial charge in [0.25, 0.3) is 11.8 Å². The molecule has 0 saturated heterocycles. The van der Waals surface area contributed by atoms with E-state index < -0.39 is 0 Å².